The van der Waals surface area contributed by atoms with E-state index in [0.29, 0.717) is 5.69 Å². The van der Waals surface area contributed by atoms with Gasteiger partial charge in [-0.3, -0.25) is 4.79 Å². The number of halogens is 1. The summed E-state index contributed by atoms with van der Waals surface area (Å²) in [5.74, 6) is 0.875. The zero-order valence-electron chi connectivity index (χ0n) is 12.5. The Morgan fingerprint density at radius 3 is 2.74 bits per heavy atom. The molecule has 0 radical (unpaired) electrons. The maximum atomic E-state index is 12.8. The van der Waals surface area contributed by atoms with Crippen LogP contribution in [0.1, 0.15) is 19.8 Å². The molecule has 0 unspecified atom stereocenters. The van der Waals surface area contributed by atoms with E-state index in [1.807, 2.05) is 0 Å². The minimum Gasteiger partial charge on any atom is -0.325 e. The third-order valence-corrected chi connectivity index (χ3v) is 7.35. The largest absolute Gasteiger partial charge is 0.325 e. The molecule has 2 aromatic rings. The lowest BCUT2D eigenvalue weighted by molar-refractivity contribution is -0.113. The van der Waals surface area contributed by atoms with Crippen molar-refractivity contribution in [2.45, 2.75) is 28.4 Å². The van der Waals surface area contributed by atoms with Crippen molar-refractivity contribution in [2.75, 3.05) is 16.8 Å². The lowest BCUT2D eigenvalue weighted by Crippen LogP contribution is -2.13. The number of amides is 1. The van der Waals surface area contributed by atoms with Crippen LogP contribution in [0.25, 0.3) is 0 Å². The average Bonchev–Trinajstić information content (AvgIpc) is 3.00. The van der Waals surface area contributed by atoms with E-state index in [2.05, 4.69) is 22.4 Å². The van der Waals surface area contributed by atoms with E-state index >= 15 is 0 Å². The van der Waals surface area contributed by atoms with Gasteiger partial charge in [-0.25, -0.2) is 4.39 Å². The third-order valence-electron chi connectivity index (χ3n) is 2.55. The number of anilines is 1. The number of aromatic nitrogens is 2. The molecular formula is C14H16FN3OS4. The highest BCUT2D eigenvalue weighted by Gasteiger charge is 2.09. The molecule has 1 aromatic heterocycles. The summed E-state index contributed by atoms with van der Waals surface area (Å²) >= 11 is 2.85. The van der Waals surface area contributed by atoms with E-state index < -0.39 is 0 Å². The molecule has 0 aliphatic rings. The normalized spacial score (nSPS) is 10.7. The fraction of sp³-hybridized carbons (Fsp3) is 0.357. The highest BCUT2D eigenvalue weighted by molar-refractivity contribution is 8.77. The number of rotatable bonds is 9. The van der Waals surface area contributed by atoms with E-state index in [4.69, 9.17) is 0 Å². The summed E-state index contributed by atoms with van der Waals surface area (Å²) in [5.41, 5.74) is 0.581. The Bertz CT molecular complexity index is 621. The first-order chi connectivity index (χ1) is 11.2. The molecule has 0 spiro atoms. The fourth-order valence-corrected chi connectivity index (χ4v) is 5.77. The van der Waals surface area contributed by atoms with Crippen LogP contribution in [-0.2, 0) is 4.79 Å². The molecule has 1 N–H and O–H groups in total. The Labute approximate surface area is 150 Å². The monoisotopic (exact) mass is 389 g/mol. The highest BCUT2D eigenvalue weighted by atomic mass is 33.1. The smallest absolute Gasteiger partial charge is 0.234 e. The van der Waals surface area contributed by atoms with Gasteiger partial charge in [0.15, 0.2) is 8.68 Å². The Morgan fingerprint density at radius 2 is 2.00 bits per heavy atom. The number of carbonyl (C=O) groups excluding carboxylic acids is 1. The van der Waals surface area contributed by atoms with Gasteiger partial charge in [-0.1, -0.05) is 47.2 Å². The number of nitrogens with zero attached hydrogens (tertiary/aromatic N) is 2. The summed E-state index contributed by atoms with van der Waals surface area (Å²) in [4.78, 5) is 11.8. The lowest BCUT2D eigenvalue weighted by atomic mass is 10.3. The molecule has 1 amide bonds. The second kappa shape index (κ2) is 10.2. The van der Waals surface area contributed by atoms with E-state index in [0.717, 1.165) is 14.4 Å². The molecular weight excluding hydrogens is 373 g/mol. The van der Waals surface area contributed by atoms with Gasteiger partial charge in [0.25, 0.3) is 0 Å². The van der Waals surface area contributed by atoms with Crippen molar-refractivity contribution in [1.82, 2.24) is 10.2 Å². The molecule has 0 atom stereocenters. The van der Waals surface area contributed by atoms with Crippen LogP contribution in [0.4, 0.5) is 10.1 Å². The fourth-order valence-electron chi connectivity index (χ4n) is 1.44. The van der Waals surface area contributed by atoms with Crippen LogP contribution >= 0.6 is 44.7 Å². The van der Waals surface area contributed by atoms with E-state index in [1.54, 1.807) is 21.6 Å². The molecule has 1 heterocycles. The maximum absolute atomic E-state index is 12.8. The van der Waals surface area contributed by atoms with E-state index in [1.165, 1.54) is 60.2 Å². The first kappa shape index (κ1) is 18.6. The standard InChI is InChI=1S/C14H16FN3OS4/c1-2-3-8-21-23-14-18-17-13(22-14)20-9-12(19)16-11-6-4-10(15)5-7-11/h4-7H,2-3,8-9H2,1H3,(H,16,19). The van der Waals surface area contributed by atoms with Gasteiger partial charge >= 0.3 is 0 Å². The predicted octanol–water partition coefficient (Wildman–Crippen LogP) is 4.95. The number of thioether (sulfide) groups is 1. The van der Waals surface area contributed by atoms with E-state index in [-0.39, 0.29) is 17.5 Å². The zero-order chi connectivity index (χ0) is 16.5. The van der Waals surface area contributed by atoms with Crippen molar-refractivity contribution < 1.29 is 9.18 Å². The average molecular weight is 390 g/mol. The summed E-state index contributed by atoms with van der Waals surface area (Å²) < 4.78 is 14.5. The Kier molecular flexibility index (Phi) is 8.21. The molecule has 0 fully saturated rings. The Balaban J connectivity index is 1.71. The van der Waals surface area contributed by atoms with Crippen LogP contribution in [-0.4, -0.2) is 27.6 Å². The number of hydrogen-bond donors (Lipinski definition) is 1. The van der Waals surface area contributed by atoms with Gasteiger partial charge in [0.2, 0.25) is 5.91 Å². The summed E-state index contributed by atoms with van der Waals surface area (Å²) in [6.07, 6.45) is 2.38. The van der Waals surface area contributed by atoms with Crippen LogP contribution in [0.3, 0.4) is 0 Å². The molecule has 23 heavy (non-hydrogen) atoms. The number of hydrogen-bond acceptors (Lipinski definition) is 7. The molecule has 4 nitrogen and oxygen atoms in total. The van der Waals surface area contributed by atoms with Crippen molar-refractivity contribution in [3.63, 3.8) is 0 Å². The van der Waals surface area contributed by atoms with Crippen molar-refractivity contribution >= 4 is 56.3 Å². The Morgan fingerprint density at radius 1 is 1.26 bits per heavy atom. The molecule has 1 aromatic carbocycles. The Hall–Kier alpha value is -0.770. The van der Waals surface area contributed by atoms with Gasteiger partial charge in [0.05, 0.1) is 5.75 Å². The molecule has 0 saturated carbocycles. The van der Waals surface area contributed by atoms with Crippen molar-refractivity contribution in [1.29, 1.82) is 0 Å². The molecule has 9 heteroatoms. The third kappa shape index (κ3) is 7.11. The van der Waals surface area contributed by atoms with Gasteiger partial charge in [0.1, 0.15) is 5.82 Å². The van der Waals surface area contributed by atoms with Crippen molar-refractivity contribution in [2.24, 2.45) is 0 Å². The van der Waals surface area contributed by atoms with Crippen molar-refractivity contribution in [3.8, 4) is 0 Å². The molecule has 2 rings (SSSR count). The predicted molar refractivity (Wildman–Crippen MR) is 98.9 cm³/mol. The van der Waals surface area contributed by atoms with Gasteiger partial charge in [-0.15, -0.1) is 10.2 Å². The van der Waals surface area contributed by atoms with Crippen LogP contribution < -0.4 is 5.32 Å². The second-order valence-electron chi connectivity index (χ2n) is 4.44. The van der Waals surface area contributed by atoms with Crippen LogP contribution in [0, 0.1) is 5.82 Å². The maximum Gasteiger partial charge on any atom is 0.234 e. The molecule has 0 saturated heterocycles. The van der Waals surface area contributed by atoms with Gasteiger partial charge in [0, 0.05) is 11.4 Å². The van der Waals surface area contributed by atoms with Gasteiger partial charge < -0.3 is 5.32 Å². The summed E-state index contributed by atoms with van der Waals surface area (Å²) in [5, 5.41) is 10.9. The number of nitrogens with one attached hydrogen (secondary N) is 1. The zero-order valence-corrected chi connectivity index (χ0v) is 15.7. The van der Waals surface area contributed by atoms with Crippen LogP contribution in [0.5, 0.6) is 0 Å². The quantitative estimate of drug-likeness (QED) is 0.372. The highest BCUT2D eigenvalue weighted by Crippen LogP contribution is 2.36. The van der Waals surface area contributed by atoms with E-state index in [9.17, 15) is 9.18 Å². The van der Waals surface area contributed by atoms with Gasteiger partial charge in [-0.2, -0.15) is 0 Å². The minimum absolute atomic E-state index is 0.150. The van der Waals surface area contributed by atoms with Crippen LogP contribution in [0.2, 0.25) is 0 Å². The number of unbranched alkanes of at least 4 members (excludes halogenated alkanes) is 1. The number of carbonyl (C=O) groups is 1. The van der Waals surface area contributed by atoms with Crippen molar-refractivity contribution in [3.05, 3.63) is 30.1 Å². The SMILES string of the molecule is CCCCSSc1nnc(SCC(=O)Nc2ccc(F)cc2)s1. The van der Waals surface area contributed by atoms with Gasteiger partial charge in [-0.05, 0) is 41.5 Å². The van der Waals surface area contributed by atoms with Crippen LogP contribution in [0.15, 0.2) is 32.9 Å². The first-order valence-electron chi connectivity index (χ1n) is 6.98. The summed E-state index contributed by atoms with van der Waals surface area (Å²) in [6.45, 7) is 2.17. The topological polar surface area (TPSA) is 54.9 Å². The summed E-state index contributed by atoms with van der Waals surface area (Å²) in [7, 11) is 3.41. The molecule has 124 valence electrons. The number of benzene rings is 1. The molecule has 0 bridgehead atoms. The second-order valence-corrected chi connectivity index (χ2v) is 9.30. The minimum atomic E-state index is -0.326. The summed E-state index contributed by atoms with van der Waals surface area (Å²) in [6, 6.07) is 5.69. The first-order valence-corrected chi connectivity index (χ1v) is 11.1. The lowest BCUT2D eigenvalue weighted by Gasteiger charge is -2.03. The molecule has 0 aliphatic carbocycles. The molecule has 0 aliphatic heterocycles.